The van der Waals surface area contributed by atoms with E-state index in [0.717, 1.165) is 0 Å². The van der Waals surface area contributed by atoms with Crippen molar-refractivity contribution in [2.75, 3.05) is 13.7 Å². The van der Waals surface area contributed by atoms with Crippen LogP contribution in [-0.2, 0) is 14.3 Å². The summed E-state index contributed by atoms with van der Waals surface area (Å²) < 4.78 is 11.0. The smallest absolute Gasteiger partial charge is 0.350 e. The second-order valence-corrected chi connectivity index (χ2v) is 2.79. The van der Waals surface area contributed by atoms with Crippen LogP contribution < -0.4 is 0 Å². The van der Waals surface area contributed by atoms with E-state index < -0.39 is 0 Å². The Hall–Kier alpha value is -0.630. The third-order valence-electron chi connectivity index (χ3n) is 1.46. The SMILES string of the molecule is COCCn1cc(C(=O)OI)cn1. The van der Waals surface area contributed by atoms with Crippen LogP contribution in [0.4, 0.5) is 0 Å². The Morgan fingerprint density at radius 1 is 1.77 bits per heavy atom. The van der Waals surface area contributed by atoms with E-state index in [0.29, 0.717) is 18.7 Å². The summed E-state index contributed by atoms with van der Waals surface area (Å²) in [6.45, 7) is 1.20. The van der Waals surface area contributed by atoms with Crippen LogP contribution in [0.25, 0.3) is 0 Å². The van der Waals surface area contributed by atoms with Gasteiger partial charge in [0.25, 0.3) is 0 Å². The second kappa shape index (κ2) is 5.18. The monoisotopic (exact) mass is 296 g/mol. The summed E-state index contributed by atoms with van der Waals surface area (Å²) in [4.78, 5) is 11.0. The standard InChI is InChI=1S/C7H9IN2O3/c1-12-3-2-10-5-6(4-9-10)7(11)13-8/h4-5H,2-3H2,1H3. The highest BCUT2D eigenvalue weighted by Gasteiger charge is 2.08. The molecule has 0 bridgehead atoms. The molecule has 0 spiro atoms. The van der Waals surface area contributed by atoms with Crippen molar-refractivity contribution in [3.63, 3.8) is 0 Å². The van der Waals surface area contributed by atoms with Crippen molar-refractivity contribution >= 4 is 29.0 Å². The number of methoxy groups -OCH3 is 1. The van der Waals surface area contributed by atoms with Crippen LogP contribution in [0.2, 0.25) is 0 Å². The van der Waals surface area contributed by atoms with Crippen LogP contribution in [-0.4, -0.2) is 29.5 Å². The van der Waals surface area contributed by atoms with Gasteiger partial charge in [-0.25, -0.2) is 4.79 Å². The first-order valence-corrected chi connectivity index (χ1v) is 4.50. The van der Waals surface area contributed by atoms with E-state index in [1.807, 2.05) is 0 Å². The zero-order valence-corrected chi connectivity index (χ0v) is 9.22. The predicted molar refractivity (Wildman–Crippen MR) is 53.5 cm³/mol. The fraction of sp³-hybridized carbons (Fsp3) is 0.429. The normalized spacial score (nSPS) is 10.0. The molecular weight excluding hydrogens is 287 g/mol. The molecule has 0 unspecified atom stereocenters. The Kier molecular flexibility index (Phi) is 4.16. The van der Waals surface area contributed by atoms with Gasteiger partial charge in [0.1, 0.15) is 0 Å². The lowest BCUT2D eigenvalue weighted by atomic mass is 10.4. The molecular formula is C7H9IN2O3. The molecule has 6 heteroatoms. The van der Waals surface area contributed by atoms with Crippen molar-refractivity contribution in [1.82, 2.24) is 9.78 Å². The van der Waals surface area contributed by atoms with Gasteiger partial charge in [0.05, 0.1) is 24.9 Å². The molecule has 0 radical (unpaired) electrons. The van der Waals surface area contributed by atoms with Crippen LogP contribution in [0.5, 0.6) is 0 Å². The highest BCUT2D eigenvalue weighted by atomic mass is 127. The van der Waals surface area contributed by atoms with Crippen molar-refractivity contribution in [1.29, 1.82) is 0 Å². The Labute approximate surface area is 89.7 Å². The van der Waals surface area contributed by atoms with Gasteiger partial charge in [0, 0.05) is 13.3 Å². The molecule has 0 aliphatic carbocycles. The van der Waals surface area contributed by atoms with Crippen molar-refractivity contribution in [2.45, 2.75) is 6.54 Å². The van der Waals surface area contributed by atoms with Gasteiger partial charge in [-0.1, -0.05) is 0 Å². The molecule has 72 valence electrons. The average Bonchev–Trinajstić information content (AvgIpc) is 2.62. The fourth-order valence-corrected chi connectivity index (χ4v) is 1.07. The van der Waals surface area contributed by atoms with Gasteiger partial charge in [0.15, 0.2) is 23.0 Å². The highest BCUT2D eigenvalue weighted by molar-refractivity contribution is 14.1. The zero-order chi connectivity index (χ0) is 9.68. The second-order valence-electron chi connectivity index (χ2n) is 2.35. The van der Waals surface area contributed by atoms with Gasteiger partial charge in [-0.2, -0.15) is 5.10 Å². The van der Waals surface area contributed by atoms with Crippen LogP contribution in [0.3, 0.4) is 0 Å². The van der Waals surface area contributed by atoms with Gasteiger partial charge in [-0.3, -0.25) is 4.68 Å². The Morgan fingerprint density at radius 2 is 2.54 bits per heavy atom. The number of carbonyl (C=O) groups excluding carboxylic acids is 1. The molecule has 0 amide bonds. The van der Waals surface area contributed by atoms with Gasteiger partial charge in [-0.15, -0.1) is 0 Å². The average molecular weight is 296 g/mol. The maximum Gasteiger partial charge on any atom is 0.350 e. The molecule has 13 heavy (non-hydrogen) atoms. The fourth-order valence-electron chi connectivity index (χ4n) is 0.821. The molecule has 0 N–H and O–H groups in total. The van der Waals surface area contributed by atoms with Crippen molar-refractivity contribution < 1.29 is 12.6 Å². The topological polar surface area (TPSA) is 53.4 Å². The first-order valence-electron chi connectivity index (χ1n) is 3.62. The van der Waals surface area contributed by atoms with Crippen LogP contribution in [0.1, 0.15) is 10.4 Å². The lowest BCUT2D eigenvalue weighted by Crippen LogP contribution is -2.04. The van der Waals surface area contributed by atoms with E-state index in [-0.39, 0.29) is 5.97 Å². The first-order chi connectivity index (χ1) is 6.27. The number of hydrogen-bond donors (Lipinski definition) is 0. The summed E-state index contributed by atoms with van der Waals surface area (Å²) >= 11 is 1.54. The van der Waals surface area contributed by atoms with Crippen molar-refractivity contribution in [3.8, 4) is 0 Å². The number of ether oxygens (including phenoxy) is 1. The summed E-state index contributed by atoms with van der Waals surface area (Å²) in [5.74, 6) is -0.385. The molecule has 0 aliphatic heterocycles. The molecule has 0 saturated heterocycles. The number of rotatable bonds is 4. The Bertz CT molecular complexity index is 287. The number of aromatic nitrogens is 2. The molecule has 1 heterocycles. The molecule has 1 aromatic rings. The van der Waals surface area contributed by atoms with Gasteiger partial charge >= 0.3 is 5.97 Å². The predicted octanol–water partition coefficient (Wildman–Crippen LogP) is 1.04. The number of nitrogens with zero attached hydrogens (tertiary/aromatic N) is 2. The Morgan fingerprint density at radius 3 is 3.15 bits per heavy atom. The maximum atomic E-state index is 11.0. The molecule has 0 atom stereocenters. The lowest BCUT2D eigenvalue weighted by molar-refractivity contribution is 0.0800. The molecule has 0 fully saturated rings. The van der Waals surface area contributed by atoms with Crippen molar-refractivity contribution in [3.05, 3.63) is 18.0 Å². The molecule has 0 aliphatic rings. The molecule has 0 aromatic carbocycles. The molecule has 5 nitrogen and oxygen atoms in total. The largest absolute Gasteiger partial charge is 0.391 e. The quantitative estimate of drug-likeness (QED) is 0.779. The number of hydrogen-bond acceptors (Lipinski definition) is 4. The summed E-state index contributed by atoms with van der Waals surface area (Å²) in [5, 5.41) is 3.96. The van der Waals surface area contributed by atoms with E-state index in [1.54, 1.807) is 41.0 Å². The minimum Gasteiger partial charge on any atom is -0.391 e. The van der Waals surface area contributed by atoms with Crippen molar-refractivity contribution in [2.24, 2.45) is 0 Å². The maximum absolute atomic E-state index is 11.0. The third kappa shape index (κ3) is 2.96. The minimum absolute atomic E-state index is 0.385. The van der Waals surface area contributed by atoms with Crippen LogP contribution in [0.15, 0.2) is 12.4 Å². The number of carbonyl (C=O) groups is 1. The van der Waals surface area contributed by atoms with Crippen LogP contribution >= 0.6 is 23.0 Å². The molecule has 0 saturated carbocycles. The van der Waals surface area contributed by atoms with E-state index in [9.17, 15) is 4.79 Å². The van der Waals surface area contributed by atoms with E-state index in [4.69, 9.17) is 4.74 Å². The van der Waals surface area contributed by atoms with E-state index >= 15 is 0 Å². The molecule has 1 aromatic heterocycles. The first kappa shape index (κ1) is 10.5. The van der Waals surface area contributed by atoms with E-state index in [1.165, 1.54) is 6.20 Å². The third-order valence-corrected chi connectivity index (χ3v) is 1.86. The van der Waals surface area contributed by atoms with Gasteiger partial charge < -0.3 is 7.80 Å². The highest BCUT2D eigenvalue weighted by Crippen LogP contribution is 2.02. The van der Waals surface area contributed by atoms with Crippen LogP contribution in [0, 0.1) is 0 Å². The summed E-state index contributed by atoms with van der Waals surface area (Å²) in [6.07, 6.45) is 3.09. The Balaban J connectivity index is 2.58. The number of halogens is 1. The summed E-state index contributed by atoms with van der Waals surface area (Å²) in [5.41, 5.74) is 0.450. The minimum atomic E-state index is -0.385. The molecule has 1 rings (SSSR count). The van der Waals surface area contributed by atoms with E-state index in [2.05, 4.69) is 8.16 Å². The zero-order valence-electron chi connectivity index (χ0n) is 7.07. The van der Waals surface area contributed by atoms with Gasteiger partial charge in [0.2, 0.25) is 0 Å². The van der Waals surface area contributed by atoms with Gasteiger partial charge in [-0.05, 0) is 0 Å². The summed E-state index contributed by atoms with van der Waals surface area (Å²) in [6, 6.07) is 0. The summed E-state index contributed by atoms with van der Waals surface area (Å²) in [7, 11) is 1.61. The lowest BCUT2D eigenvalue weighted by Gasteiger charge is -1.97.